The Kier molecular flexibility index (Phi) is 8.09. The number of nitrogens with two attached hydrogens (primary N) is 1. The average molecular weight is 351 g/mol. The number of para-hydroxylation sites is 1. The Morgan fingerprint density at radius 2 is 2.00 bits per heavy atom. The summed E-state index contributed by atoms with van der Waals surface area (Å²) in [5, 5.41) is 12.9. The molecule has 0 aliphatic carbocycles. The Morgan fingerprint density at radius 1 is 1.25 bits per heavy atom. The van der Waals surface area contributed by atoms with E-state index in [2.05, 4.69) is 5.32 Å². The summed E-state index contributed by atoms with van der Waals surface area (Å²) in [5.41, 5.74) is 8.20. The standard InChI is InChI=1S/C18H22N2O3.ClH/c1-23-15-7-4-6-14(11-15)17(21)12-20-18(22)10-9-13-5-2-3-8-16(13)19;/h2-8,11,17,21H,9-10,12,19H2,1H3,(H,20,22);1H. The topological polar surface area (TPSA) is 84.6 Å². The molecule has 24 heavy (non-hydrogen) atoms. The maximum atomic E-state index is 11.9. The summed E-state index contributed by atoms with van der Waals surface area (Å²) < 4.78 is 5.12. The molecular formula is C18H23ClN2O3. The fraction of sp³-hybridized carbons (Fsp3) is 0.278. The lowest BCUT2D eigenvalue weighted by Gasteiger charge is -2.13. The molecule has 1 amide bonds. The Balaban J connectivity index is 0.00000288. The van der Waals surface area contributed by atoms with Gasteiger partial charge in [0.15, 0.2) is 0 Å². The van der Waals surface area contributed by atoms with E-state index >= 15 is 0 Å². The van der Waals surface area contributed by atoms with E-state index in [1.54, 1.807) is 31.4 Å². The van der Waals surface area contributed by atoms with Crippen LogP contribution in [0, 0.1) is 0 Å². The highest BCUT2D eigenvalue weighted by atomic mass is 35.5. The van der Waals surface area contributed by atoms with Gasteiger partial charge >= 0.3 is 0 Å². The number of halogens is 1. The maximum Gasteiger partial charge on any atom is 0.220 e. The first-order valence-corrected chi connectivity index (χ1v) is 7.52. The van der Waals surface area contributed by atoms with E-state index in [4.69, 9.17) is 10.5 Å². The summed E-state index contributed by atoms with van der Waals surface area (Å²) in [6.45, 7) is 0.163. The molecule has 0 bridgehead atoms. The zero-order chi connectivity index (χ0) is 16.7. The first-order chi connectivity index (χ1) is 11.1. The van der Waals surface area contributed by atoms with Crippen molar-refractivity contribution in [2.45, 2.75) is 18.9 Å². The zero-order valence-corrected chi connectivity index (χ0v) is 14.4. The molecular weight excluding hydrogens is 328 g/mol. The van der Waals surface area contributed by atoms with Crippen molar-refractivity contribution < 1.29 is 14.6 Å². The number of aliphatic hydroxyl groups excluding tert-OH is 1. The van der Waals surface area contributed by atoms with Gasteiger partial charge in [-0.05, 0) is 35.7 Å². The minimum Gasteiger partial charge on any atom is -0.497 e. The fourth-order valence-corrected chi connectivity index (χ4v) is 2.28. The smallest absolute Gasteiger partial charge is 0.220 e. The van der Waals surface area contributed by atoms with Crippen molar-refractivity contribution in [2.75, 3.05) is 19.4 Å². The average Bonchev–Trinajstić information content (AvgIpc) is 2.59. The van der Waals surface area contributed by atoms with E-state index in [0.29, 0.717) is 29.8 Å². The van der Waals surface area contributed by atoms with Gasteiger partial charge in [-0.25, -0.2) is 0 Å². The van der Waals surface area contributed by atoms with Crippen LogP contribution in [0.4, 0.5) is 5.69 Å². The highest BCUT2D eigenvalue weighted by molar-refractivity contribution is 5.85. The first kappa shape index (κ1) is 19.8. The molecule has 6 heteroatoms. The molecule has 2 rings (SSSR count). The predicted molar refractivity (Wildman–Crippen MR) is 97.4 cm³/mol. The lowest BCUT2D eigenvalue weighted by atomic mass is 10.1. The van der Waals surface area contributed by atoms with Crippen molar-refractivity contribution in [3.63, 3.8) is 0 Å². The van der Waals surface area contributed by atoms with Crippen molar-refractivity contribution in [3.8, 4) is 5.75 Å². The van der Waals surface area contributed by atoms with Crippen molar-refractivity contribution in [2.24, 2.45) is 0 Å². The van der Waals surface area contributed by atoms with Crippen LogP contribution in [0.3, 0.4) is 0 Å². The lowest BCUT2D eigenvalue weighted by molar-refractivity contribution is -0.121. The lowest BCUT2D eigenvalue weighted by Crippen LogP contribution is -2.28. The van der Waals surface area contributed by atoms with Crippen LogP contribution in [0.5, 0.6) is 5.75 Å². The highest BCUT2D eigenvalue weighted by Gasteiger charge is 2.11. The van der Waals surface area contributed by atoms with Crippen LogP contribution < -0.4 is 15.8 Å². The number of anilines is 1. The van der Waals surface area contributed by atoms with Crippen LogP contribution in [0.25, 0.3) is 0 Å². The number of hydrogen-bond donors (Lipinski definition) is 3. The maximum absolute atomic E-state index is 11.9. The summed E-state index contributed by atoms with van der Waals surface area (Å²) in [4.78, 5) is 11.9. The Morgan fingerprint density at radius 3 is 2.71 bits per heavy atom. The quantitative estimate of drug-likeness (QED) is 0.670. The third-order valence-electron chi connectivity index (χ3n) is 3.65. The minimum atomic E-state index is -0.768. The minimum absolute atomic E-state index is 0. The number of methoxy groups -OCH3 is 1. The predicted octanol–water partition coefficient (Wildman–Crippen LogP) is 2.48. The highest BCUT2D eigenvalue weighted by Crippen LogP contribution is 2.18. The molecule has 1 atom stereocenters. The van der Waals surface area contributed by atoms with Crippen LogP contribution in [0.2, 0.25) is 0 Å². The van der Waals surface area contributed by atoms with E-state index in [1.165, 1.54) is 0 Å². The monoisotopic (exact) mass is 350 g/mol. The summed E-state index contributed by atoms with van der Waals surface area (Å²) in [6, 6.07) is 14.6. The van der Waals surface area contributed by atoms with E-state index < -0.39 is 6.10 Å². The number of aryl methyl sites for hydroxylation is 1. The van der Waals surface area contributed by atoms with Crippen LogP contribution >= 0.6 is 12.4 Å². The van der Waals surface area contributed by atoms with E-state index in [-0.39, 0.29) is 24.9 Å². The number of aliphatic hydroxyl groups is 1. The van der Waals surface area contributed by atoms with Gasteiger partial charge in [-0.1, -0.05) is 30.3 Å². The van der Waals surface area contributed by atoms with E-state index in [9.17, 15) is 9.90 Å². The van der Waals surface area contributed by atoms with Crippen molar-refractivity contribution in [3.05, 3.63) is 59.7 Å². The molecule has 2 aromatic rings. The van der Waals surface area contributed by atoms with Crippen molar-refractivity contribution in [1.29, 1.82) is 0 Å². The molecule has 0 aliphatic rings. The van der Waals surface area contributed by atoms with Crippen LogP contribution in [-0.2, 0) is 11.2 Å². The number of rotatable bonds is 7. The number of ether oxygens (including phenoxy) is 1. The molecule has 2 aromatic carbocycles. The molecule has 0 saturated heterocycles. The summed E-state index contributed by atoms with van der Waals surface area (Å²) in [7, 11) is 1.57. The Labute approximate surface area is 148 Å². The second-order valence-electron chi connectivity index (χ2n) is 5.30. The number of carbonyl (C=O) groups excluding carboxylic acids is 1. The molecule has 130 valence electrons. The molecule has 0 saturated carbocycles. The fourth-order valence-electron chi connectivity index (χ4n) is 2.28. The molecule has 0 fully saturated rings. The first-order valence-electron chi connectivity index (χ1n) is 7.52. The van der Waals surface area contributed by atoms with Gasteiger partial charge in [0.2, 0.25) is 5.91 Å². The summed E-state index contributed by atoms with van der Waals surface area (Å²) in [5.74, 6) is 0.558. The van der Waals surface area contributed by atoms with Gasteiger partial charge in [0.1, 0.15) is 5.75 Å². The number of carbonyl (C=O) groups is 1. The van der Waals surface area contributed by atoms with Gasteiger partial charge in [-0.2, -0.15) is 0 Å². The van der Waals surface area contributed by atoms with Gasteiger partial charge in [0.25, 0.3) is 0 Å². The second kappa shape index (κ2) is 9.80. The third kappa shape index (κ3) is 5.76. The number of amides is 1. The van der Waals surface area contributed by atoms with Gasteiger partial charge in [0, 0.05) is 18.7 Å². The molecule has 0 aromatic heterocycles. The van der Waals surface area contributed by atoms with E-state index in [0.717, 1.165) is 5.56 Å². The largest absolute Gasteiger partial charge is 0.497 e. The van der Waals surface area contributed by atoms with Gasteiger partial charge in [-0.15, -0.1) is 12.4 Å². The molecule has 1 unspecified atom stereocenters. The molecule has 0 radical (unpaired) electrons. The molecule has 4 N–H and O–H groups in total. The van der Waals surface area contributed by atoms with Crippen LogP contribution in [0.1, 0.15) is 23.7 Å². The Bertz CT molecular complexity index is 664. The molecule has 0 aliphatic heterocycles. The van der Waals surface area contributed by atoms with Crippen molar-refractivity contribution in [1.82, 2.24) is 5.32 Å². The van der Waals surface area contributed by atoms with Crippen LogP contribution in [-0.4, -0.2) is 24.7 Å². The molecule has 5 nitrogen and oxygen atoms in total. The SMILES string of the molecule is COc1cccc(C(O)CNC(=O)CCc2ccccc2N)c1.Cl. The second-order valence-corrected chi connectivity index (χ2v) is 5.30. The molecule has 0 heterocycles. The Hall–Kier alpha value is -2.24. The third-order valence-corrected chi connectivity index (χ3v) is 3.65. The summed E-state index contributed by atoms with van der Waals surface area (Å²) in [6.07, 6.45) is 0.142. The van der Waals surface area contributed by atoms with Gasteiger partial charge in [-0.3, -0.25) is 4.79 Å². The summed E-state index contributed by atoms with van der Waals surface area (Å²) >= 11 is 0. The van der Waals surface area contributed by atoms with Gasteiger partial charge < -0.3 is 20.9 Å². The van der Waals surface area contributed by atoms with Gasteiger partial charge in [0.05, 0.1) is 13.2 Å². The van der Waals surface area contributed by atoms with Crippen LogP contribution in [0.15, 0.2) is 48.5 Å². The number of nitrogens with one attached hydrogen (secondary N) is 1. The number of benzene rings is 2. The van der Waals surface area contributed by atoms with E-state index in [1.807, 2.05) is 24.3 Å². The molecule has 0 spiro atoms. The number of nitrogen functional groups attached to an aromatic ring is 1. The zero-order valence-electron chi connectivity index (χ0n) is 13.6. The van der Waals surface area contributed by atoms with Crippen molar-refractivity contribution >= 4 is 24.0 Å². The normalized spacial score (nSPS) is 11.2. The number of hydrogen-bond acceptors (Lipinski definition) is 4.